The first-order valence-electron chi connectivity index (χ1n) is 6.02. The molecular weight excluding hydrogens is 333 g/mol. The zero-order valence-corrected chi connectivity index (χ0v) is 15.7. The maximum atomic E-state index is 5.65. The van der Waals surface area contributed by atoms with E-state index in [0.29, 0.717) is 26.4 Å². The van der Waals surface area contributed by atoms with Crippen LogP contribution in [-0.4, -0.2) is 41.9 Å². The molecule has 0 aromatic heterocycles. The summed E-state index contributed by atoms with van der Waals surface area (Å²) in [5, 5.41) is 0. The lowest BCUT2D eigenvalue weighted by molar-refractivity contribution is 0.0710. The van der Waals surface area contributed by atoms with Gasteiger partial charge in [-0.3, -0.25) is 0 Å². The molecule has 4 nitrogen and oxygen atoms in total. The molecule has 0 amide bonds. The Labute approximate surface area is 127 Å². The molecule has 0 atom stereocenters. The minimum Gasteiger partial charge on any atom is -0.374 e. The predicted octanol–water partition coefficient (Wildman–Crippen LogP) is 2.80. The molecule has 0 radical (unpaired) electrons. The first kappa shape index (κ1) is 21.4. The van der Waals surface area contributed by atoms with Crippen LogP contribution in [0, 0.1) is 0 Å². The third-order valence-corrected chi connectivity index (χ3v) is 4.93. The Hall–Kier alpha value is 1.14. The normalized spacial score (nSPS) is 11.3. The number of halogens is 3. The second kappa shape index (κ2) is 14.6. The van der Waals surface area contributed by atoms with Gasteiger partial charge >= 0.3 is 15.5 Å². The molecule has 0 aliphatic rings. The maximum absolute atomic E-state index is 5.65. The monoisotopic (exact) mass is 355 g/mol. The second-order valence-electron chi connectivity index (χ2n) is 3.12. The lowest BCUT2D eigenvalue weighted by Gasteiger charge is -2.28. The van der Waals surface area contributed by atoms with Crippen LogP contribution >= 0.6 is 33.2 Å². The Morgan fingerprint density at radius 2 is 1.28 bits per heavy atom. The standard InChI is InChI=1S/C9H23NO3Si.Cl3HSi/c1-4-11-14(12-5-2,13-6-3)9-7-8-10;1-4(2)3/h4-10H2,1-3H3;4H. The van der Waals surface area contributed by atoms with Crippen molar-refractivity contribution in [2.24, 2.45) is 5.73 Å². The molecule has 0 aromatic rings. The van der Waals surface area contributed by atoms with Crippen LogP contribution < -0.4 is 5.73 Å². The molecule has 0 bridgehead atoms. The summed E-state index contributed by atoms with van der Waals surface area (Å²) in [5.41, 5.74) is 5.48. The van der Waals surface area contributed by atoms with Crippen molar-refractivity contribution in [3.05, 3.63) is 0 Å². The van der Waals surface area contributed by atoms with Gasteiger partial charge < -0.3 is 19.0 Å². The fourth-order valence-corrected chi connectivity index (χ4v) is 3.96. The van der Waals surface area contributed by atoms with Gasteiger partial charge in [0.25, 0.3) is 0 Å². The number of hydrogen-bond acceptors (Lipinski definition) is 4. The quantitative estimate of drug-likeness (QED) is 0.510. The van der Waals surface area contributed by atoms with E-state index < -0.39 is 15.5 Å². The van der Waals surface area contributed by atoms with Crippen molar-refractivity contribution in [1.82, 2.24) is 0 Å². The highest BCUT2D eigenvalue weighted by Crippen LogP contribution is 2.17. The molecule has 0 aliphatic heterocycles. The SMILES string of the molecule is CCO[Si](CCCN)(OCC)OCC.Cl[SiH](Cl)Cl. The molecule has 0 spiro atoms. The van der Waals surface area contributed by atoms with Crippen LogP contribution in [0.3, 0.4) is 0 Å². The lowest BCUT2D eigenvalue weighted by Crippen LogP contribution is -2.46. The Morgan fingerprint density at radius 3 is 1.50 bits per heavy atom. The Kier molecular flexibility index (Phi) is 17.3. The van der Waals surface area contributed by atoms with Gasteiger partial charge in [-0.15, -0.1) is 33.2 Å². The van der Waals surface area contributed by atoms with E-state index in [0.717, 1.165) is 12.5 Å². The van der Waals surface area contributed by atoms with Crippen LogP contribution in [0.25, 0.3) is 0 Å². The molecule has 2 N–H and O–H groups in total. The van der Waals surface area contributed by atoms with Crippen LogP contribution in [0.5, 0.6) is 0 Å². The highest BCUT2D eigenvalue weighted by molar-refractivity contribution is 7.54. The largest absolute Gasteiger partial charge is 0.500 e. The van der Waals surface area contributed by atoms with E-state index in [1.807, 2.05) is 20.8 Å². The molecule has 18 heavy (non-hydrogen) atoms. The minimum absolute atomic E-state index is 0.636. The van der Waals surface area contributed by atoms with E-state index in [9.17, 15) is 0 Å². The van der Waals surface area contributed by atoms with Crippen LogP contribution in [0.4, 0.5) is 0 Å². The van der Waals surface area contributed by atoms with Gasteiger partial charge in [0, 0.05) is 25.9 Å². The fraction of sp³-hybridized carbons (Fsp3) is 1.00. The predicted molar refractivity (Wildman–Crippen MR) is 83.8 cm³/mol. The van der Waals surface area contributed by atoms with Crippen LogP contribution in [-0.2, 0) is 13.3 Å². The van der Waals surface area contributed by atoms with Crippen LogP contribution in [0.1, 0.15) is 27.2 Å². The Bertz CT molecular complexity index is 161. The van der Waals surface area contributed by atoms with Crippen molar-refractivity contribution < 1.29 is 13.3 Å². The van der Waals surface area contributed by atoms with E-state index in [1.165, 1.54) is 0 Å². The number of rotatable bonds is 9. The van der Waals surface area contributed by atoms with E-state index in [-0.39, 0.29) is 0 Å². The van der Waals surface area contributed by atoms with Crippen molar-refractivity contribution in [3.8, 4) is 0 Å². The molecular formula is C9H24Cl3NO3Si2. The first-order valence-corrected chi connectivity index (χ1v) is 13.2. The van der Waals surface area contributed by atoms with E-state index in [1.54, 1.807) is 0 Å². The molecule has 9 heteroatoms. The van der Waals surface area contributed by atoms with Crippen molar-refractivity contribution in [2.45, 2.75) is 33.2 Å². The highest BCUT2D eigenvalue weighted by atomic mass is 35.8. The summed E-state index contributed by atoms with van der Waals surface area (Å²) in [6, 6.07) is 0.818. The highest BCUT2D eigenvalue weighted by Gasteiger charge is 2.39. The smallest absolute Gasteiger partial charge is 0.374 e. The van der Waals surface area contributed by atoms with Gasteiger partial charge in [-0.25, -0.2) is 0 Å². The summed E-state index contributed by atoms with van der Waals surface area (Å²) >= 11 is 14.8. The van der Waals surface area contributed by atoms with Gasteiger partial charge in [0.2, 0.25) is 0 Å². The van der Waals surface area contributed by atoms with Gasteiger partial charge in [-0.2, -0.15) is 0 Å². The van der Waals surface area contributed by atoms with E-state index in [2.05, 4.69) is 0 Å². The van der Waals surface area contributed by atoms with Crippen LogP contribution in [0.2, 0.25) is 6.04 Å². The van der Waals surface area contributed by atoms with Crippen molar-refractivity contribution in [2.75, 3.05) is 26.4 Å². The van der Waals surface area contributed by atoms with Crippen molar-refractivity contribution in [1.29, 1.82) is 0 Å². The summed E-state index contributed by atoms with van der Waals surface area (Å²) in [6.45, 7) is 6.72. The molecule has 0 aliphatic carbocycles. The van der Waals surface area contributed by atoms with Gasteiger partial charge in [0.05, 0.1) is 0 Å². The minimum atomic E-state index is -2.40. The zero-order chi connectivity index (χ0) is 14.4. The Balaban J connectivity index is 0. The summed E-state index contributed by atoms with van der Waals surface area (Å²) in [7, 11) is -2.40. The summed E-state index contributed by atoms with van der Waals surface area (Å²) in [5.74, 6) is 0. The number of hydrogen-bond donors (Lipinski definition) is 1. The second-order valence-corrected chi connectivity index (χ2v) is 12.3. The third-order valence-electron chi connectivity index (χ3n) is 1.78. The van der Waals surface area contributed by atoms with Crippen molar-refractivity contribution >= 4 is 48.8 Å². The maximum Gasteiger partial charge on any atom is 0.500 e. The zero-order valence-electron chi connectivity index (χ0n) is 11.3. The number of nitrogens with two attached hydrogens (primary N) is 1. The average molecular weight is 357 g/mol. The third kappa shape index (κ3) is 13.6. The van der Waals surface area contributed by atoms with Gasteiger partial charge in [0.1, 0.15) is 0 Å². The van der Waals surface area contributed by atoms with Crippen LogP contribution in [0.15, 0.2) is 0 Å². The molecule has 0 unspecified atom stereocenters. The average Bonchev–Trinajstić information content (AvgIpc) is 2.27. The molecule has 112 valence electrons. The van der Waals surface area contributed by atoms with E-state index >= 15 is 0 Å². The summed E-state index contributed by atoms with van der Waals surface area (Å²) in [6.07, 6.45) is 0.895. The lowest BCUT2D eigenvalue weighted by atomic mass is 10.5. The molecule has 0 saturated carbocycles. The van der Waals surface area contributed by atoms with E-state index in [4.69, 9.17) is 52.2 Å². The first-order chi connectivity index (χ1) is 8.47. The molecule has 0 saturated heterocycles. The fourth-order valence-electron chi connectivity index (χ4n) is 1.32. The topological polar surface area (TPSA) is 53.7 Å². The summed E-state index contributed by atoms with van der Waals surface area (Å²) < 4.78 is 17.0. The molecule has 0 heterocycles. The Morgan fingerprint density at radius 1 is 0.944 bits per heavy atom. The summed E-state index contributed by atoms with van der Waals surface area (Å²) in [4.78, 5) is 0. The van der Waals surface area contributed by atoms with Gasteiger partial charge in [-0.1, -0.05) is 0 Å². The van der Waals surface area contributed by atoms with Crippen molar-refractivity contribution in [3.63, 3.8) is 0 Å². The molecule has 0 aromatic carbocycles. The molecule has 0 rings (SSSR count). The van der Waals surface area contributed by atoms with Gasteiger partial charge in [-0.05, 0) is 33.7 Å². The molecule has 0 fully saturated rings. The van der Waals surface area contributed by atoms with Gasteiger partial charge in [0.15, 0.2) is 0 Å².